The highest BCUT2D eigenvalue weighted by Crippen LogP contribution is 2.19. The molecule has 1 unspecified atom stereocenters. The van der Waals surface area contributed by atoms with Crippen LogP contribution >= 0.6 is 0 Å². The summed E-state index contributed by atoms with van der Waals surface area (Å²) in [6, 6.07) is 6.78. The van der Waals surface area contributed by atoms with Gasteiger partial charge >= 0.3 is 0 Å². The van der Waals surface area contributed by atoms with Crippen LogP contribution in [0.2, 0.25) is 0 Å². The van der Waals surface area contributed by atoms with Crippen molar-refractivity contribution < 1.29 is 9.13 Å². The minimum Gasteiger partial charge on any atom is -0.374 e. The Morgan fingerprint density at radius 3 is 2.50 bits per heavy atom. The van der Waals surface area contributed by atoms with Gasteiger partial charge in [0.05, 0.1) is 18.2 Å². The van der Waals surface area contributed by atoms with Crippen molar-refractivity contribution in [2.45, 2.75) is 45.8 Å². The fraction of sp³-hybridized carbons (Fsp3) is 0.600. The summed E-state index contributed by atoms with van der Waals surface area (Å²) in [5.41, 5.74) is 0.465. The number of benzene rings is 1. The summed E-state index contributed by atoms with van der Waals surface area (Å²) in [7, 11) is 0. The van der Waals surface area contributed by atoms with Gasteiger partial charge in [-0.15, -0.1) is 0 Å². The second kappa shape index (κ2) is 6.86. The highest BCUT2D eigenvalue weighted by Gasteiger charge is 2.18. The first-order valence-corrected chi connectivity index (χ1v) is 6.56. The van der Waals surface area contributed by atoms with E-state index >= 15 is 0 Å². The Morgan fingerprint density at radius 2 is 1.94 bits per heavy atom. The van der Waals surface area contributed by atoms with Gasteiger partial charge in [0, 0.05) is 5.56 Å². The lowest BCUT2D eigenvalue weighted by Crippen LogP contribution is -2.31. The van der Waals surface area contributed by atoms with E-state index in [0.29, 0.717) is 12.2 Å². The molecule has 1 N–H and O–H groups in total. The second-order valence-electron chi connectivity index (χ2n) is 5.45. The molecule has 0 aliphatic rings. The number of nitrogens with one attached hydrogen (secondary N) is 1. The van der Waals surface area contributed by atoms with Crippen LogP contribution in [0.3, 0.4) is 0 Å². The monoisotopic (exact) mass is 253 g/mol. The van der Waals surface area contributed by atoms with Gasteiger partial charge in [0.25, 0.3) is 0 Å². The molecule has 3 heteroatoms. The zero-order valence-corrected chi connectivity index (χ0v) is 11.8. The van der Waals surface area contributed by atoms with Gasteiger partial charge < -0.3 is 10.1 Å². The van der Waals surface area contributed by atoms with E-state index in [1.165, 1.54) is 6.07 Å². The normalized spacial score (nSPS) is 13.6. The zero-order valence-electron chi connectivity index (χ0n) is 11.8. The minimum absolute atomic E-state index is 0.0922. The van der Waals surface area contributed by atoms with E-state index < -0.39 is 0 Å². The molecule has 0 amide bonds. The highest BCUT2D eigenvalue weighted by molar-refractivity contribution is 5.21. The van der Waals surface area contributed by atoms with Gasteiger partial charge in [-0.2, -0.15) is 0 Å². The van der Waals surface area contributed by atoms with Crippen molar-refractivity contribution in [3.63, 3.8) is 0 Å². The summed E-state index contributed by atoms with van der Waals surface area (Å²) in [6.07, 6.45) is 1.01. The topological polar surface area (TPSA) is 21.3 Å². The van der Waals surface area contributed by atoms with Crippen LogP contribution in [0.25, 0.3) is 0 Å². The minimum atomic E-state index is -0.211. The largest absolute Gasteiger partial charge is 0.374 e. The molecule has 1 atom stereocenters. The second-order valence-corrected chi connectivity index (χ2v) is 5.45. The van der Waals surface area contributed by atoms with E-state index in [9.17, 15) is 4.39 Å². The van der Waals surface area contributed by atoms with Gasteiger partial charge in [-0.1, -0.05) is 25.1 Å². The van der Waals surface area contributed by atoms with Crippen molar-refractivity contribution in [2.75, 3.05) is 13.2 Å². The molecular formula is C15H24FNO. The van der Waals surface area contributed by atoms with E-state index in [1.54, 1.807) is 6.07 Å². The molecule has 0 bridgehead atoms. The van der Waals surface area contributed by atoms with Crippen molar-refractivity contribution >= 4 is 0 Å². The zero-order chi connectivity index (χ0) is 13.6. The van der Waals surface area contributed by atoms with Crippen LogP contribution in [-0.2, 0) is 4.74 Å². The molecule has 0 saturated heterocycles. The summed E-state index contributed by atoms with van der Waals surface area (Å²) in [6.45, 7) is 9.44. The predicted octanol–water partition coefficient (Wildman–Crippen LogP) is 3.68. The van der Waals surface area contributed by atoms with E-state index in [0.717, 1.165) is 13.0 Å². The molecule has 0 radical (unpaired) electrons. The number of rotatable bonds is 6. The lowest BCUT2D eigenvalue weighted by Gasteiger charge is -2.25. The summed E-state index contributed by atoms with van der Waals surface area (Å²) in [5.74, 6) is -0.177. The third-order valence-corrected chi connectivity index (χ3v) is 2.60. The van der Waals surface area contributed by atoms with Gasteiger partial charge in [0.1, 0.15) is 5.82 Å². The Morgan fingerprint density at radius 1 is 1.28 bits per heavy atom. The first-order chi connectivity index (χ1) is 8.44. The molecule has 1 aromatic rings. The SMILES string of the molecule is CCCNC(COC(C)(C)C)c1ccccc1F. The predicted molar refractivity (Wildman–Crippen MR) is 73.1 cm³/mol. The lowest BCUT2D eigenvalue weighted by atomic mass is 10.1. The van der Waals surface area contributed by atoms with E-state index in [-0.39, 0.29) is 17.5 Å². The third-order valence-electron chi connectivity index (χ3n) is 2.60. The summed E-state index contributed by atoms with van der Waals surface area (Å²) < 4.78 is 19.6. The Balaban J connectivity index is 2.75. The summed E-state index contributed by atoms with van der Waals surface area (Å²) in [4.78, 5) is 0. The Bertz CT molecular complexity index is 360. The molecule has 102 valence electrons. The number of ether oxygens (including phenoxy) is 1. The third kappa shape index (κ3) is 5.15. The van der Waals surface area contributed by atoms with Crippen molar-refractivity contribution in [3.05, 3.63) is 35.6 Å². The first kappa shape index (κ1) is 15.1. The quantitative estimate of drug-likeness (QED) is 0.835. The molecule has 0 aliphatic carbocycles. The number of hydrogen-bond acceptors (Lipinski definition) is 2. The highest BCUT2D eigenvalue weighted by atomic mass is 19.1. The molecule has 1 aromatic carbocycles. The molecule has 2 nitrogen and oxygen atoms in total. The van der Waals surface area contributed by atoms with Crippen LogP contribution in [0.5, 0.6) is 0 Å². The van der Waals surface area contributed by atoms with Crippen molar-refractivity contribution in [1.82, 2.24) is 5.32 Å². The van der Waals surface area contributed by atoms with Gasteiger partial charge in [0.2, 0.25) is 0 Å². The van der Waals surface area contributed by atoms with Crippen LogP contribution in [0.4, 0.5) is 4.39 Å². The number of hydrogen-bond donors (Lipinski definition) is 1. The average molecular weight is 253 g/mol. The van der Waals surface area contributed by atoms with Gasteiger partial charge in [-0.05, 0) is 39.8 Å². The Kier molecular flexibility index (Phi) is 5.76. The lowest BCUT2D eigenvalue weighted by molar-refractivity contribution is -0.0151. The van der Waals surface area contributed by atoms with E-state index in [1.807, 2.05) is 32.9 Å². The molecule has 18 heavy (non-hydrogen) atoms. The maximum Gasteiger partial charge on any atom is 0.128 e. The van der Waals surface area contributed by atoms with Crippen LogP contribution in [-0.4, -0.2) is 18.8 Å². The van der Waals surface area contributed by atoms with Crippen molar-refractivity contribution in [1.29, 1.82) is 0 Å². The van der Waals surface area contributed by atoms with Crippen molar-refractivity contribution in [3.8, 4) is 0 Å². The number of halogens is 1. The molecule has 0 aliphatic heterocycles. The smallest absolute Gasteiger partial charge is 0.128 e. The van der Waals surface area contributed by atoms with Crippen LogP contribution in [0.15, 0.2) is 24.3 Å². The maximum atomic E-state index is 13.8. The molecule has 0 heterocycles. The molecule has 0 aromatic heterocycles. The standard InChI is InChI=1S/C15H24FNO/c1-5-10-17-14(11-18-15(2,3)4)12-8-6-7-9-13(12)16/h6-9,14,17H,5,10-11H2,1-4H3. The average Bonchev–Trinajstić information content (AvgIpc) is 2.29. The van der Waals surface area contributed by atoms with Gasteiger partial charge in [-0.25, -0.2) is 4.39 Å². The van der Waals surface area contributed by atoms with Crippen LogP contribution in [0, 0.1) is 5.82 Å². The van der Waals surface area contributed by atoms with Gasteiger partial charge in [0.15, 0.2) is 0 Å². The van der Waals surface area contributed by atoms with E-state index in [4.69, 9.17) is 4.74 Å². The Hall–Kier alpha value is -0.930. The Labute approximate surface area is 110 Å². The van der Waals surface area contributed by atoms with Crippen LogP contribution in [0.1, 0.15) is 45.7 Å². The fourth-order valence-electron chi connectivity index (χ4n) is 1.67. The molecule has 0 saturated carbocycles. The van der Waals surface area contributed by atoms with Gasteiger partial charge in [-0.3, -0.25) is 0 Å². The van der Waals surface area contributed by atoms with Crippen LogP contribution < -0.4 is 5.32 Å². The molecule has 0 fully saturated rings. The summed E-state index contributed by atoms with van der Waals surface area (Å²) in [5, 5.41) is 3.33. The molecule has 0 spiro atoms. The van der Waals surface area contributed by atoms with Crippen molar-refractivity contribution in [2.24, 2.45) is 0 Å². The maximum absolute atomic E-state index is 13.8. The molecular weight excluding hydrogens is 229 g/mol. The van der Waals surface area contributed by atoms with E-state index in [2.05, 4.69) is 12.2 Å². The fourth-order valence-corrected chi connectivity index (χ4v) is 1.67. The molecule has 1 rings (SSSR count). The first-order valence-electron chi connectivity index (χ1n) is 6.56. The summed E-state index contributed by atoms with van der Waals surface area (Å²) >= 11 is 0.